The van der Waals surface area contributed by atoms with Crippen LogP contribution in [0.15, 0.2) is 72.8 Å². The summed E-state index contributed by atoms with van der Waals surface area (Å²) in [6.07, 6.45) is 0. The standard InChI is InChI=1S/C23H21FN2O2/c1-16-3-2-4-18(13-16)15-26-23(28)20-9-7-19(8-10-20)22(27)25-14-17-5-11-21(24)12-6-17/h2-13H,14-15H2,1H3,(H,25,27)(H,26,28). The van der Waals surface area contributed by atoms with Crippen molar-refractivity contribution in [2.24, 2.45) is 0 Å². The zero-order valence-electron chi connectivity index (χ0n) is 15.5. The Labute approximate surface area is 163 Å². The normalized spacial score (nSPS) is 10.4. The lowest BCUT2D eigenvalue weighted by Crippen LogP contribution is -2.24. The van der Waals surface area contributed by atoms with Crippen LogP contribution in [0.2, 0.25) is 0 Å². The molecule has 2 amide bonds. The van der Waals surface area contributed by atoms with Crippen molar-refractivity contribution in [3.05, 3.63) is 106 Å². The van der Waals surface area contributed by atoms with Gasteiger partial charge in [-0.15, -0.1) is 0 Å². The summed E-state index contributed by atoms with van der Waals surface area (Å²) >= 11 is 0. The third-order valence-electron chi connectivity index (χ3n) is 4.31. The average Bonchev–Trinajstić information content (AvgIpc) is 2.71. The van der Waals surface area contributed by atoms with Crippen molar-refractivity contribution in [1.29, 1.82) is 0 Å². The van der Waals surface area contributed by atoms with Gasteiger partial charge in [0, 0.05) is 24.2 Å². The summed E-state index contributed by atoms with van der Waals surface area (Å²) in [6, 6.07) is 20.4. The molecule has 5 heteroatoms. The molecule has 0 fully saturated rings. The third kappa shape index (κ3) is 5.27. The first kappa shape index (κ1) is 19.3. The van der Waals surface area contributed by atoms with Gasteiger partial charge in [0.05, 0.1) is 0 Å². The summed E-state index contributed by atoms with van der Waals surface area (Å²) in [4.78, 5) is 24.5. The molecule has 2 N–H and O–H groups in total. The van der Waals surface area contributed by atoms with Crippen LogP contribution in [-0.2, 0) is 13.1 Å². The molecule has 0 aliphatic rings. The van der Waals surface area contributed by atoms with Gasteiger partial charge in [0.25, 0.3) is 11.8 Å². The highest BCUT2D eigenvalue weighted by molar-refractivity contribution is 5.97. The van der Waals surface area contributed by atoms with Crippen LogP contribution in [0.4, 0.5) is 4.39 Å². The lowest BCUT2D eigenvalue weighted by atomic mass is 10.1. The topological polar surface area (TPSA) is 58.2 Å². The molecule has 0 aromatic heterocycles. The minimum Gasteiger partial charge on any atom is -0.348 e. The van der Waals surface area contributed by atoms with Crippen molar-refractivity contribution in [3.63, 3.8) is 0 Å². The van der Waals surface area contributed by atoms with E-state index in [2.05, 4.69) is 10.6 Å². The highest BCUT2D eigenvalue weighted by Gasteiger charge is 2.09. The van der Waals surface area contributed by atoms with Crippen molar-refractivity contribution in [3.8, 4) is 0 Å². The van der Waals surface area contributed by atoms with E-state index in [1.54, 1.807) is 36.4 Å². The van der Waals surface area contributed by atoms with Crippen molar-refractivity contribution in [2.75, 3.05) is 0 Å². The van der Waals surface area contributed by atoms with Crippen LogP contribution in [0.5, 0.6) is 0 Å². The van der Waals surface area contributed by atoms with E-state index in [1.165, 1.54) is 12.1 Å². The number of hydrogen-bond acceptors (Lipinski definition) is 2. The number of rotatable bonds is 6. The van der Waals surface area contributed by atoms with Gasteiger partial charge in [-0.2, -0.15) is 0 Å². The smallest absolute Gasteiger partial charge is 0.251 e. The lowest BCUT2D eigenvalue weighted by molar-refractivity contribution is 0.0939. The monoisotopic (exact) mass is 376 g/mol. The third-order valence-corrected chi connectivity index (χ3v) is 4.31. The molecule has 0 spiro atoms. The Morgan fingerprint density at radius 1 is 0.750 bits per heavy atom. The van der Waals surface area contributed by atoms with Gasteiger partial charge in [0.1, 0.15) is 5.82 Å². The molecule has 0 unspecified atom stereocenters. The molecule has 0 aliphatic heterocycles. The molecule has 0 bridgehead atoms. The predicted molar refractivity (Wildman–Crippen MR) is 106 cm³/mol. The molecule has 0 saturated carbocycles. The summed E-state index contributed by atoms with van der Waals surface area (Å²) in [7, 11) is 0. The Kier molecular flexibility index (Phi) is 6.17. The van der Waals surface area contributed by atoms with E-state index in [0.717, 1.165) is 16.7 Å². The van der Waals surface area contributed by atoms with Gasteiger partial charge in [0.2, 0.25) is 0 Å². The summed E-state index contributed by atoms with van der Waals surface area (Å²) in [5.74, 6) is -0.762. The fraction of sp³-hybridized carbons (Fsp3) is 0.130. The molecule has 0 radical (unpaired) electrons. The van der Waals surface area contributed by atoms with Gasteiger partial charge in [-0.3, -0.25) is 9.59 Å². The van der Waals surface area contributed by atoms with E-state index in [0.29, 0.717) is 24.2 Å². The van der Waals surface area contributed by atoms with Gasteiger partial charge in [-0.05, 0) is 54.4 Å². The largest absolute Gasteiger partial charge is 0.348 e. The van der Waals surface area contributed by atoms with Crippen LogP contribution < -0.4 is 10.6 Å². The number of nitrogens with one attached hydrogen (secondary N) is 2. The zero-order valence-corrected chi connectivity index (χ0v) is 15.5. The number of benzene rings is 3. The lowest BCUT2D eigenvalue weighted by Gasteiger charge is -2.08. The van der Waals surface area contributed by atoms with E-state index < -0.39 is 0 Å². The van der Waals surface area contributed by atoms with E-state index in [4.69, 9.17) is 0 Å². The molecular weight excluding hydrogens is 355 g/mol. The first-order valence-electron chi connectivity index (χ1n) is 8.98. The van der Waals surface area contributed by atoms with Gasteiger partial charge in [-0.25, -0.2) is 4.39 Å². The quantitative estimate of drug-likeness (QED) is 0.683. The van der Waals surface area contributed by atoms with Crippen LogP contribution in [0.3, 0.4) is 0 Å². The summed E-state index contributed by atoms with van der Waals surface area (Å²) in [5, 5.41) is 5.65. The molecule has 3 aromatic carbocycles. The van der Waals surface area contributed by atoms with Crippen molar-refractivity contribution in [1.82, 2.24) is 10.6 Å². The number of amides is 2. The molecule has 0 saturated heterocycles. The molecule has 4 nitrogen and oxygen atoms in total. The Morgan fingerprint density at radius 3 is 1.82 bits per heavy atom. The maximum absolute atomic E-state index is 12.9. The summed E-state index contributed by atoms with van der Waals surface area (Å²) in [5.41, 5.74) is 3.93. The Hall–Kier alpha value is -3.47. The van der Waals surface area contributed by atoms with E-state index >= 15 is 0 Å². The highest BCUT2D eigenvalue weighted by atomic mass is 19.1. The second-order valence-corrected chi connectivity index (χ2v) is 6.56. The number of carbonyl (C=O) groups excluding carboxylic acids is 2. The maximum Gasteiger partial charge on any atom is 0.251 e. The molecule has 0 atom stereocenters. The molecule has 3 rings (SSSR count). The molecule has 0 aliphatic carbocycles. The fourth-order valence-corrected chi connectivity index (χ4v) is 2.77. The van der Waals surface area contributed by atoms with E-state index in [-0.39, 0.29) is 17.6 Å². The second-order valence-electron chi connectivity index (χ2n) is 6.56. The average molecular weight is 376 g/mol. The van der Waals surface area contributed by atoms with E-state index in [9.17, 15) is 14.0 Å². The maximum atomic E-state index is 12.9. The van der Waals surface area contributed by atoms with Crippen molar-refractivity contribution >= 4 is 11.8 Å². The molecule has 142 valence electrons. The summed E-state index contributed by atoms with van der Waals surface area (Å²) in [6.45, 7) is 2.75. The second kappa shape index (κ2) is 8.95. The van der Waals surface area contributed by atoms with Crippen LogP contribution in [0.25, 0.3) is 0 Å². The van der Waals surface area contributed by atoms with Crippen molar-refractivity contribution in [2.45, 2.75) is 20.0 Å². The van der Waals surface area contributed by atoms with Crippen molar-refractivity contribution < 1.29 is 14.0 Å². The van der Waals surface area contributed by atoms with Crippen LogP contribution in [-0.4, -0.2) is 11.8 Å². The Bertz CT molecular complexity index is 967. The van der Waals surface area contributed by atoms with Crippen LogP contribution in [0.1, 0.15) is 37.4 Å². The van der Waals surface area contributed by atoms with Crippen LogP contribution in [0, 0.1) is 12.7 Å². The predicted octanol–water partition coefficient (Wildman–Crippen LogP) is 3.99. The Morgan fingerprint density at radius 2 is 1.29 bits per heavy atom. The number of aryl methyl sites for hydroxylation is 1. The zero-order chi connectivity index (χ0) is 19.9. The van der Waals surface area contributed by atoms with Crippen LogP contribution >= 0.6 is 0 Å². The number of hydrogen-bond donors (Lipinski definition) is 2. The molecular formula is C23H21FN2O2. The number of halogens is 1. The molecule has 3 aromatic rings. The SMILES string of the molecule is Cc1cccc(CNC(=O)c2ccc(C(=O)NCc3ccc(F)cc3)cc2)c1. The number of carbonyl (C=O) groups is 2. The van der Waals surface area contributed by atoms with Gasteiger partial charge >= 0.3 is 0 Å². The van der Waals surface area contributed by atoms with Gasteiger partial charge in [-0.1, -0.05) is 42.0 Å². The van der Waals surface area contributed by atoms with Gasteiger partial charge < -0.3 is 10.6 Å². The van der Waals surface area contributed by atoms with E-state index in [1.807, 2.05) is 31.2 Å². The minimum atomic E-state index is -0.314. The first-order chi connectivity index (χ1) is 13.5. The summed E-state index contributed by atoms with van der Waals surface area (Å²) < 4.78 is 12.9. The highest BCUT2D eigenvalue weighted by Crippen LogP contribution is 2.08. The fourth-order valence-electron chi connectivity index (χ4n) is 2.77. The van der Waals surface area contributed by atoms with Gasteiger partial charge in [0.15, 0.2) is 0 Å². The molecule has 28 heavy (non-hydrogen) atoms. The first-order valence-corrected chi connectivity index (χ1v) is 8.98. The minimum absolute atomic E-state index is 0.195. The molecule has 0 heterocycles. The Balaban J connectivity index is 1.53.